The predicted molar refractivity (Wildman–Crippen MR) is 203 cm³/mol. The Bertz CT molecular complexity index is 2130. The van der Waals surface area contributed by atoms with Crippen molar-refractivity contribution in [2.45, 2.75) is 98.8 Å². The average molecular weight is 806 g/mol. The standard InChI is InChI=1S/C21H25.C15H8F6.C10H15.Zr/c1-20(2,3)16-7-9-18-14(12-16)11-15-13-17(21(4,5)6)8-10-19(15)18;16-14(17,18)12-5-1-3-10(8-12)7-11-4-2-6-13(9-11)15(19,20)21;1-8-5-6-9(7-8)10(2,3)4;/h7-10,12H,11H2,1-6H3;1-6,8-9H;6-8H,1-4H3;. The third-order valence-electron chi connectivity index (χ3n) is 10.6. The minimum atomic E-state index is -4.63. The molecule has 0 radical (unpaired) electrons. The molecule has 4 aromatic carbocycles. The van der Waals surface area contributed by atoms with Gasteiger partial charge in [0.05, 0.1) is 0 Å². The van der Waals surface area contributed by atoms with Gasteiger partial charge in [-0.05, 0) is 0 Å². The van der Waals surface area contributed by atoms with Crippen LogP contribution in [0.4, 0.5) is 26.3 Å². The Morgan fingerprint density at radius 1 is 0.604 bits per heavy atom. The number of allylic oxidation sites excluding steroid dienone is 4. The van der Waals surface area contributed by atoms with Gasteiger partial charge in [0.25, 0.3) is 0 Å². The molecule has 1 atom stereocenters. The Morgan fingerprint density at radius 3 is 1.62 bits per heavy atom. The van der Waals surface area contributed by atoms with Gasteiger partial charge in [0.1, 0.15) is 0 Å². The molecule has 1 unspecified atom stereocenters. The van der Waals surface area contributed by atoms with E-state index < -0.39 is 44.7 Å². The van der Waals surface area contributed by atoms with Crippen LogP contribution in [0.2, 0.25) is 0 Å². The van der Waals surface area contributed by atoms with E-state index >= 15 is 0 Å². The van der Waals surface area contributed by atoms with Crippen LogP contribution in [0.3, 0.4) is 0 Å². The van der Waals surface area contributed by atoms with Crippen molar-refractivity contribution in [2.24, 2.45) is 11.3 Å². The van der Waals surface area contributed by atoms with E-state index in [1.807, 2.05) is 0 Å². The summed E-state index contributed by atoms with van der Waals surface area (Å²) in [5.74, 6) is -0.0508. The summed E-state index contributed by atoms with van der Waals surface area (Å²) in [5, 5.41) is 0. The second-order valence-electron chi connectivity index (χ2n) is 17.7. The van der Waals surface area contributed by atoms with Crippen molar-refractivity contribution in [1.29, 1.82) is 0 Å². The monoisotopic (exact) mass is 804 g/mol. The van der Waals surface area contributed by atoms with Crippen molar-refractivity contribution in [3.05, 3.63) is 144 Å². The maximum atomic E-state index is 14.4. The molecule has 0 heterocycles. The van der Waals surface area contributed by atoms with Gasteiger partial charge < -0.3 is 0 Å². The van der Waals surface area contributed by atoms with Gasteiger partial charge in [0.2, 0.25) is 0 Å². The van der Waals surface area contributed by atoms with E-state index in [0.717, 1.165) is 58.6 Å². The topological polar surface area (TPSA) is 0 Å². The van der Waals surface area contributed by atoms with Crippen molar-refractivity contribution in [2.75, 3.05) is 0 Å². The number of alkyl halides is 6. The molecule has 0 nitrogen and oxygen atoms in total. The minimum absolute atomic E-state index is 0.0508. The van der Waals surface area contributed by atoms with E-state index in [1.54, 1.807) is 12.1 Å². The molecule has 0 aliphatic heterocycles. The third kappa shape index (κ3) is 7.80. The molecule has 6 rings (SSSR count). The number of rotatable bonds is 4. The number of benzene rings is 4. The van der Waals surface area contributed by atoms with Crippen LogP contribution in [0.25, 0.3) is 11.1 Å². The van der Waals surface area contributed by atoms with Crippen LogP contribution in [0.15, 0.2) is 99.9 Å². The molecule has 7 heteroatoms. The van der Waals surface area contributed by atoms with Crippen LogP contribution >= 0.6 is 0 Å². The maximum absolute atomic E-state index is 14.4. The van der Waals surface area contributed by atoms with Crippen LogP contribution in [0.1, 0.15) is 114 Å². The van der Waals surface area contributed by atoms with E-state index in [9.17, 15) is 26.3 Å². The molecule has 0 fully saturated rings. The van der Waals surface area contributed by atoms with E-state index in [0.29, 0.717) is 20.8 Å². The van der Waals surface area contributed by atoms with Crippen molar-refractivity contribution >= 4 is 6.48 Å². The fourth-order valence-corrected chi connectivity index (χ4v) is 17.1. The average Bonchev–Trinajstić information content (AvgIpc) is 3.62. The van der Waals surface area contributed by atoms with Crippen molar-refractivity contribution < 1.29 is 47.6 Å². The van der Waals surface area contributed by atoms with Gasteiger partial charge >= 0.3 is 320 Å². The predicted octanol–water partition coefficient (Wildman–Crippen LogP) is 12.9. The zero-order chi connectivity index (χ0) is 39.1. The molecule has 0 amide bonds. The molecule has 0 bridgehead atoms. The van der Waals surface area contributed by atoms with Crippen molar-refractivity contribution in [3.8, 4) is 11.1 Å². The van der Waals surface area contributed by atoms with Gasteiger partial charge in [0, 0.05) is 0 Å². The van der Waals surface area contributed by atoms with E-state index in [4.69, 9.17) is 0 Å². The number of fused-ring (bicyclic) bond motifs is 3. The normalized spacial score (nSPS) is 16.3. The van der Waals surface area contributed by atoms with Crippen LogP contribution in [-0.2, 0) is 50.9 Å². The molecule has 0 spiro atoms. The second-order valence-corrected chi connectivity index (χ2v) is 23.5. The van der Waals surface area contributed by atoms with Crippen molar-refractivity contribution in [3.63, 3.8) is 0 Å². The summed E-state index contributed by atoms with van der Waals surface area (Å²) in [6.07, 6.45) is -4.12. The van der Waals surface area contributed by atoms with Gasteiger partial charge in [-0.2, -0.15) is 0 Å². The van der Waals surface area contributed by atoms with Crippen LogP contribution < -0.4 is 3.27 Å². The summed E-state index contributed by atoms with van der Waals surface area (Å²) in [6, 6.07) is 21.5. The molecule has 0 saturated heterocycles. The van der Waals surface area contributed by atoms with Crippen LogP contribution in [-0.4, -0.2) is 3.21 Å². The van der Waals surface area contributed by atoms with Gasteiger partial charge in [-0.25, -0.2) is 0 Å². The van der Waals surface area contributed by atoms with Crippen LogP contribution in [0.5, 0.6) is 0 Å². The first kappa shape index (κ1) is 39.4. The molecular weight excluding hydrogens is 758 g/mol. The molecule has 2 aliphatic carbocycles. The Kier molecular flexibility index (Phi) is 10.0. The molecule has 278 valence electrons. The molecular formula is C46H48F6Zr. The van der Waals surface area contributed by atoms with E-state index in [1.165, 1.54) is 23.3 Å². The summed E-state index contributed by atoms with van der Waals surface area (Å²) in [5.41, 5.74) is 6.41. The Balaban J connectivity index is 1.83. The first-order valence-corrected chi connectivity index (χ1v) is 21.9. The third-order valence-corrected chi connectivity index (χ3v) is 18.8. The summed E-state index contributed by atoms with van der Waals surface area (Å²) in [7, 11) is 0. The van der Waals surface area contributed by atoms with Gasteiger partial charge in [-0.1, -0.05) is 0 Å². The summed E-state index contributed by atoms with van der Waals surface area (Å²) >= 11 is -3.83. The number of hydrogen-bond acceptors (Lipinski definition) is 0. The van der Waals surface area contributed by atoms with Crippen molar-refractivity contribution in [1.82, 2.24) is 0 Å². The summed E-state index contributed by atoms with van der Waals surface area (Å²) < 4.78 is 89.5. The Hall–Kier alpha value is -3.31. The second kappa shape index (κ2) is 13.5. The van der Waals surface area contributed by atoms with E-state index in [2.05, 4.69) is 112 Å². The van der Waals surface area contributed by atoms with E-state index in [-0.39, 0.29) is 22.2 Å². The number of halogens is 6. The zero-order valence-corrected chi connectivity index (χ0v) is 34.7. The molecule has 53 heavy (non-hydrogen) atoms. The molecule has 4 aromatic rings. The SMILES string of the molecule is CC1C=C(C(C)(C)C)C=[C]1[Zr](=[C](c1cccc(C(F)(F)F)c1)c1cccc(C(F)(F)F)c1)[c]1c(C(C)(C)C)ccc2c1Cc1cc(C(C)(C)C)ccc1-2. The Morgan fingerprint density at radius 2 is 1.15 bits per heavy atom. The molecule has 2 aliphatic rings. The molecule has 0 N–H and O–H groups in total. The van der Waals surface area contributed by atoms with Gasteiger partial charge in [-0.3, -0.25) is 0 Å². The molecule has 0 aromatic heterocycles. The van der Waals surface area contributed by atoms with Gasteiger partial charge in [-0.15, -0.1) is 0 Å². The molecule has 0 saturated carbocycles. The first-order valence-electron chi connectivity index (χ1n) is 18.2. The summed E-state index contributed by atoms with van der Waals surface area (Å²) in [6.45, 7) is 21.6. The fourth-order valence-electron chi connectivity index (χ4n) is 7.70. The van der Waals surface area contributed by atoms with Crippen LogP contribution in [0, 0.1) is 11.3 Å². The van der Waals surface area contributed by atoms with Gasteiger partial charge in [0.15, 0.2) is 0 Å². The Labute approximate surface area is 318 Å². The quantitative estimate of drug-likeness (QED) is 0.159. The summed E-state index contributed by atoms with van der Waals surface area (Å²) in [4.78, 5) is 0. The zero-order valence-electron chi connectivity index (χ0n) is 32.2. The first-order chi connectivity index (χ1) is 24.4. The number of hydrogen-bond donors (Lipinski definition) is 0. The fraction of sp³-hybridized carbons (Fsp3) is 0.370.